The van der Waals surface area contributed by atoms with E-state index in [0.29, 0.717) is 0 Å². The Bertz CT molecular complexity index is 243. The summed E-state index contributed by atoms with van der Waals surface area (Å²) in [4.78, 5) is 0. The Kier molecular flexibility index (Phi) is 7.47. The predicted molar refractivity (Wildman–Crippen MR) is 64.2 cm³/mol. The van der Waals surface area contributed by atoms with Gasteiger partial charge in [0.15, 0.2) is 5.79 Å². The topological polar surface area (TPSA) is 74.2 Å². The molecule has 0 spiro atoms. The molecule has 0 amide bonds. The van der Waals surface area contributed by atoms with Crippen molar-refractivity contribution in [1.29, 1.82) is 0 Å². The SMILES string of the molecule is CCOP(=O)(CC(O)C(C)(OC)OC)OCC. The van der Waals surface area contributed by atoms with Crippen molar-refractivity contribution in [2.75, 3.05) is 33.6 Å². The minimum absolute atomic E-state index is 0.174. The highest BCUT2D eigenvalue weighted by molar-refractivity contribution is 7.53. The van der Waals surface area contributed by atoms with Crippen LogP contribution in [0.1, 0.15) is 20.8 Å². The van der Waals surface area contributed by atoms with E-state index in [9.17, 15) is 9.67 Å². The van der Waals surface area contributed by atoms with Gasteiger partial charge in [-0.05, 0) is 20.8 Å². The van der Waals surface area contributed by atoms with Gasteiger partial charge in [-0.1, -0.05) is 0 Å². The fourth-order valence-electron chi connectivity index (χ4n) is 1.27. The molecule has 0 aliphatic carbocycles. The zero-order valence-electron chi connectivity index (χ0n) is 11.1. The van der Waals surface area contributed by atoms with Crippen molar-refractivity contribution in [2.24, 2.45) is 0 Å². The van der Waals surface area contributed by atoms with E-state index in [2.05, 4.69) is 0 Å². The van der Waals surface area contributed by atoms with Crippen LogP contribution in [0.15, 0.2) is 0 Å². The summed E-state index contributed by atoms with van der Waals surface area (Å²) in [5, 5.41) is 9.97. The summed E-state index contributed by atoms with van der Waals surface area (Å²) in [6.07, 6.45) is -1.28. The van der Waals surface area contributed by atoms with Gasteiger partial charge in [0.25, 0.3) is 0 Å². The molecular weight excluding hydrogens is 247 g/mol. The fraction of sp³-hybridized carbons (Fsp3) is 1.00. The fourth-order valence-corrected chi connectivity index (χ4v) is 3.10. The predicted octanol–water partition coefficient (Wildman–Crippen LogP) is 1.62. The van der Waals surface area contributed by atoms with Crippen molar-refractivity contribution in [3.8, 4) is 0 Å². The minimum atomic E-state index is -3.31. The van der Waals surface area contributed by atoms with Crippen LogP contribution >= 0.6 is 7.60 Å². The monoisotopic (exact) mass is 270 g/mol. The van der Waals surface area contributed by atoms with Gasteiger partial charge in [0.05, 0.1) is 19.4 Å². The molecule has 0 rings (SSSR count). The van der Waals surface area contributed by atoms with Crippen LogP contribution in [0.2, 0.25) is 0 Å². The lowest BCUT2D eigenvalue weighted by atomic mass is 10.2. The molecule has 0 heterocycles. The maximum atomic E-state index is 12.2. The van der Waals surface area contributed by atoms with E-state index < -0.39 is 19.5 Å². The van der Waals surface area contributed by atoms with Gasteiger partial charge in [0, 0.05) is 14.2 Å². The van der Waals surface area contributed by atoms with Gasteiger partial charge < -0.3 is 23.6 Å². The van der Waals surface area contributed by atoms with Gasteiger partial charge in [-0.3, -0.25) is 4.57 Å². The normalized spacial score (nSPS) is 14.9. The van der Waals surface area contributed by atoms with E-state index in [-0.39, 0.29) is 19.4 Å². The summed E-state index contributed by atoms with van der Waals surface area (Å²) in [7, 11) is -0.505. The molecule has 0 saturated heterocycles. The second-order valence-electron chi connectivity index (χ2n) is 3.57. The molecule has 104 valence electrons. The van der Waals surface area contributed by atoms with Gasteiger partial charge in [-0.15, -0.1) is 0 Å². The van der Waals surface area contributed by atoms with Crippen LogP contribution in [0.25, 0.3) is 0 Å². The largest absolute Gasteiger partial charge is 0.387 e. The second-order valence-corrected chi connectivity index (χ2v) is 5.67. The molecule has 0 aromatic rings. The Labute approximate surface area is 103 Å². The molecule has 0 aromatic carbocycles. The van der Waals surface area contributed by atoms with Gasteiger partial charge in [0.2, 0.25) is 0 Å². The third-order valence-electron chi connectivity index (χ3n) is 2.46. The molecule has 17 heavy (non-hydrogen) atoms. The van der Waals surface area contributed by atoms with Crippen LogP contribution < -0.4 is 0 Å². The van der Waals surface area contributed by atoms with Crippen LogP contribution in [0, 0.1) is 0 Å². The van der Waals surface area contributed by atoms with Gasteiger partial charge in [-0.25, -0.2) is 0 Å². The molecule has 6 nitrogen and oxygen atoms in total. The van der Waals surface area contributed by atoms with Crippen molar-refractivity contribution in [1.82, 2.24) is 0 Å². The molecule has 0 aromatic heterocycles. The van der Waals surface area contributed by atoms with E-state index in [1.807, 2.05) is 0 Å². The van der Waals surface area contributed by atoms with Crippen LogP contribution in [0.5, 0.6) is 0 Å². The first-order chi connectivity index (χ1) is 7.87. The van der Waals surface area contributed by atoms with Crippen LogP contribution in [0.4, 0.5) is 0 Å². The van der Waals surface area contributed by atoms with Crippen LogP contribution in [0.3, 0.4) is 0 Å². The summed E-state index contributed by atoms with van der Waals surface area (Å²) in [5.41, 5.74) is 0. The number of hydrogen-bond donors (Lipinski definition) is 1. The first-order valence-electron chi connectivity index (χ1n) is 5.54. The molecule has 1 N–H and O–H groups in total. The highest BCUT2D eigenvalue weighted by Crippen LogP contribution is 2.49. The third kappa shape index (κ3) is 5.04. The van der Waals surface area contributed by atoms with Crippen molar-refractivity contribution < 1.29 is 28.2 Å². The first kappa shape index (κ1) is 17.0. The molecule has 0 saturated carbocycles. The highest BCUT2D eigenvalue weighted by atomic mass is 31.2. The smallest absolute Gasteiger partial charge is 0.333 e. The molecule has 7 heteroatoms. The number of ether oxygens (including phenoxy) is 2. The van der Waals surface area contributed by atoms with Crippen LogP contribution in [-0.4, -0.2) is 50.6 Å². The number of aliphatic hydroxyl groups excluding tert-OH is 1. The maximum absolute atomic E-state index is 12.2. The molecule has 0 aliphatic heterocycles. The Morgan fingerprint density at radius 2 is 1.59 bits per heavy atom. The quantitative estimate of drug-likeness (QED) is 0.507. The van der Waals surface area contributed by atoms with Gasteiger partial charge in [-0.2, -0.15) is 0 Å². The van der Waals surface area contributed by atoms with E-state index in [1.165, 1.54) is 14.2 Å². The summed E-state index contributed by atoms with van der Waals surface area (Å²) in [6.45, 7) is 5.48. The number of rotatable bonds is 9. The van der Waals surface area contributed by atoms with Crippen molar-refractivity contribution in [3.63, 3.8) is 0 Å². The molecular formula is C10H23O6P. The molecule has 1 atom stereocenters. The van der Waals surface area contributed by atoms with Crippen molar-refractivity contribution in [3.05, 3.63) is 0 Å². The van der Waals surface area contributed by atoms with E-state index >= 15 is 0 Å². The summed E-state index contributed by atoms with van der Waals surface area (Å²) in [5.74, 6) is -1.23. The lowest BCUT2D eigenvalue weighted by molar-refractivity contribution is -0.242. The average molecular weight is 270 g/mol. The third-order valence-corrected chi connectivity index (χ3v) is 4.56. The van der Waals surface area contributed by atoms with Gasteiger partial charge >= 0.3 is 7.60 Å². The molecule has 0 bridgehead atoms. The molecule has 0 fully saturated rings. The second kappa shape index (κ2) is 7.46. The number of hydrogen-bond acceptors (Lipinski definition) is 6. The Morgan fingerprint density at radius 3 is 1.88 bits per heavy atom. The van der Waals surface area contributed by atoms with E-state index in [1.54, 1.807) is 20.8 Å². The number of aliphatic hydroxyl groups is 1. The van der Waals surface area contributed by atoms with Gasteiger partial charge in [0.1, 0.15) is 6.10 Å². The Balaban J connectivity index is 4.70. The van der Waals surface area contributed by atoms with E-state index in [4.69, 9.17) is 18.5 Å². The maximum Gasteiger partial charge on any atom is 0.333 e. The molecule has 0 aliphatic rings. The zero-order chi connectivity index (χ0) is 13.5. The average Bonchev–Trinajstić information content (AvgIpc) is 2.28. The van der Waals surface area contributed by atoms with E-state index in [0.717, 1.165) is 0 Å². The molecule has 1 unspecified atom stereocenters. The Morgan fingerprint density at radius 1 is 1.18 bits per heavy atom. The first-order valence-corrected chi connectivity index (χ1v) is 7.26. The van der Waals surface area contributed by atoms with Crippen molar-refractivity contribution in [2.45, 2.75) is 32.7 Å². The number of methoxy groups -OCH3 is 2. The molecule has 0 radical (unpaired) electrons. The zero-order valence-corrected chi connectivity index (χ0v) is 12.0. The Hall–Kier alpha value is 0.0300. The summed E-state index contributed by atoms with van der Waals surface area (Å²) in [6, 6.07) is 0. The summed E-state index contributed by atoms with van der Waals surface area (Å²) >= 11 is 0. The minimum Gasteiger partial charge on any atom is -0.387 e. The summed E-state index contributed by atoms with van der Waals surface area (Å²) < 4.78 is 32.5. The van der Waals surface area contributed by atoms with Crippen molar-refractivity contribution >= 4 is 7.60 Å². The lowest BCUT2D eigenvalue weighted by Crippen LogP contribution is -2.45. The lowest BCUT2D eigenvalue weighted by Gasteiger charge is -2.32. The highest BCUT2D eigenvalue weighted by Gasteiger charge is 2.39. The van der Waals surface area contributed by atoms with Crippen LogP contribution in [-0.2, 0) is 23.1 Å². The standard InChI is InChI=1S/C10H23O6P/c1-6-15-17(12,16-7-2)8-9(11)10(3,13-4)14-5/h9,11H,6-8H2,1-5H3.